The number of hydrogen-bond donors (Lipinski definition) is 0. The number of hydrogen-bond acceptors (Lipinski definition) is 3. The van der Waals surface area contributed by atoms with Crippen LogP contribution in [0.15, 0.2) is 53.4 Å². The maximum atomic E-state index is 12.1. The first kappa shape index (κ1) is 14.4. The van der Waals surface area contributed by atoms with Crippen LogP contribution in [-0.4, -0.2) is 8.42 Å². The van der Waals surface area contributed by atoms with E-state index in [0.717, 1.165) is 0 Å². The van der Waals surface area contributed by atoms with Gasteiger partial charge in [0, 0.05) is 15.9 Å². The van der Waals surface area contributed by atoms with Crippen molar-refractivity contribution in [3.63, 3.8) is 0 Å². The lowest BCUT2D eigenvalue weighted by Gasteiger charge is -2.10. The summed E-state index contributed by atoms with van der Waals surface area (Å²) < 4.78 is 29.3. The van der Waals surface area contributed by atoms with Crippen molar-refractivity contribution in [2.75, 3.05) is 0 Å². The number of rotatable bonds is 4. The summed E-state index contributed by atoms with van der Waals surface area (Å²) in [4.78, 5) is 0.116. The predicted octanol–water partition coefficient (Wildman–Crippen LogP) is 4.00. The molecular weight excluding hydrogens is 352 g/mol. The van der Waals surface area contributed by atoms with Crippen LogP contribution in [0.3, 0.4) is 0 Å². The zero-order valence-electron chi connectivity index (χ0n) is 9.71. The monoisotopic (exact) mass is 360 g/mol. The summed E-state index contributed by atoms with van der Waals surface area (Å²) in [7, 11) is -3.82. The lowest BCUT2D eigenvalue weighted by Crippen LogP contribution is -2.10. The highest BCUT2D eigenvalue weighted by Gasteiger charge is 2.17. The van der Waals surface area contributed by atoms with Gasteiger partial charge in [0.2, 0.25) is 0 Å². The van der Waals surface area contributed by atoms with Crippen molar-refractivity contribution in [1.82, 2.24) is 0 Å². The average Bonchev–Trinajstić information content (AvgIpc) is 2.41. The van der Waals surface area contributed by atoms with Gasteiger partial charge in [-0.25, -0.2) is 0 Å². The van der Waals surface area contributed by atoms with Gasteiger partial charge in [0.15, 0.2) is 0 Å². The fourth-order valence-corrected chi connectivity index (χ4v) is 3.11. The van der Waals surface area contributed by atoms with Gasteiger partial charge in [-0.05, 0) is 30.3 Å². The van der Waals surface area contributed by atoms with Crippen LogP contribution in [0.2, 0.25) is 5.02 Å². The van der Waals surface area contributed by atoms with E-state index >= 15 is 0 Å². The molecule has 0 aliphatic carbocycles. The highest BCUT2D eigenvalue weighted by molar-refractivity contribution is 9.08. The van der Waals surface area contributed by atoms with E-state index in [9.17, 15) is 8.42 Å². The Morgan fingerprint density at radius 1 is 1.11 bits per heavy atom. The Morgan fingerprint density at radius 3 is 2.42 bits per heavy atom. The molecule has 0 aliphatic heterocycles. The van der Waals surface area contributed by atoms with Crippen molar-refractivity contribution >= 4 is 37.6 Å². The van der Waals surface area contributed by atoms with E-state index in [4.69, 9.17) is 15.8 Å². The summed E-state index contributed by atoms with van der Waals surface area (Å²) in [5.41, 5.74) is 0.673. The number of benzene rings is 2. The van der Waals surface area contributed by atoms with Crippen LogP contribution in [0, 0.1) is 0 Å². The van der Waals surface area contributed by atoms with E-state index in [1.54, 1.807) is 36.4 Å². The van der Waals surface area contributed by atoms with Crippen LogP contribution in [0.5, 0.6) is 5.75 Å². The van der Waals surface area contributed by atoms with Gasteiger partial charge in [0.1, 0.15) is 10.6 Å². The van der Waals surface area contributed by atoms with Crippen molar-refractivity contribution in [3.8, 4) is 5.75 Å². The summed E-state index contributed by atoms with van der Waals surface area (Å²) in [5.74, 6) is 0.269. The highest BCUT2D eigenvalue weighted by Crippen LogP contribution is 2.27. The molecule has 6 heteroatoms. The summed E-state index contributed by atoms with van der Waals surface area (Å²) in [6.45, 7) is 0. The molecule has 0 heterocycles. The second-order valence-corrected chi connectivity index (χ2v) is 6.28. The predicted molar refractivity (Wildman–Crippen MR) is 78.3 cm³/mol. The van der Waals surface area contributed by atoms with E-state index in [2.05, 4.69) is 15.9 Å². The summed E-state index contributed by atoms with van der Waals surface area (Å²) >= 11 is 9.13. The molecule has 100 valence electrons. The zero-order chi connectivity index (χ0) is 13.9. The lowest BCUT2D eigenvalue weighted by atomic mass is 10.2. The minimum atomic E-state index is -3.82. The molecule has 0 spiro atoms. The minimum Gasteiger partial charge on any atom is -0.379 e. The first-order chi connectivity index (χ1) is 9.03. The molecule has 0 amide bonds. The van der Waals surface area contributed by atoms with Gasteiger partial charge >= 0.3 is 10.1 Å². The van der Waals surface area contributed by atoms with Gasteiger partial charge in [-0.1, -0.05) is 45.7 Å². The molecule has 0 atom stereocenters. The first-order valence-electron chi connectivity index (χ1n) is 5.37. The average molecular weight is 362 g/mol. The molecule has 2 aromatic rings. The van der Waals surface area contributed by atoms with E-state index < -0.39 is 10.1 Å². The molecular formula is C13H10BrClO3S. The molecule has 0 fully saturated rings. The molecule has 0 saturated heterocycles. The second-order valence-electron chi connectivity index (χ2n) is 3.74. The number of halogens is 2. The molecule has 0 radical (unpaired) electrons. The van der Waals surface area contributed by atoms with Crippen LogP contribution in [0.4, 0.5) is 0 Å². The van der Waals surface area contributed by atoms with Crippen molar-refractivity contribution in [1.29, 1.82) is 0 Å². The van der Waals surface area contributed by atoms with Crippen molar-refractivity contribution < 1.29 is 12.6 Å². The SMILES string of the molecule is O=S(=O)(Oc1ccc(Cl)cc1CBr)c1ccccc1. The van der Waals surface area contributed by atoms with E-state index in [0.29, 0.717) is 15.9 Å². The zero-order valence-corrected chi connectivity index (χ0v) is 12.9. The van der Waals surface area contributed by atoms with Gasteiger partial charge in [0.05, 0.1) is 0 Å². The highest BCUT2D eigenvalue weighted by atomic mass is 79.9. The first-order valence-corrected chi connectivity index (χ1v) is 8.27. The third kappa shape index (κ3) is 3.49. The summed E-state index contributed by atoms with van der Waals surface area (Å²) in [5, 5.41) is 0.978. The molecule has 0 unspecified atom stereocenters. The third-order valence-electron chi connectivity index (χ3n) is 2.40. The van der Waals surface area contributed by atoms with Gasteiger partial charge in [-0.3, -0.25) is 0 Å². The van der Waals surface area contributed by atoms with E-state index in [1.807, 2.05) is 0 Å². The summed E-state index contributed by atoms with van der Waals surface area (Å²) in [6, 6.07) is 12.8. The van der Waals surface area contributed by atoms with Crippen molar-refractivity contribution in [2.45, 2.75) is 10.2 Å². The molecule has 3 nitrogen and oxygen atoms in total. The lowest BCUT2D eigenvalue weighted by molar-refractivity contribution is 0.484. The van der Waals surface area contributed by atoms with Gasteiger partial charge in [-0.2, -0.15) is 8.42 Å². The van der Waals surface area contributed by atoms with E-state index in [-0.39, 0.29) is 10.6 Å². The molecule has 0 aromatic heterocycles. The van der Waals surface area contributed by atoms with Crippen LogP contribution in [0.1, 0.15) is 5.56 Å². The smallest absolute Gasteiger partial charge is 0.339 e. The molecule has 19 heavy (non-hydrogen) atoms. The Labute approximate surface area is 125 Å². The topological polar surface area (TPSA) is 43.4 Å². The standard InChI is InChI=1S/C13H10BrClO3S/c14-9-10-8-11(15)6-7-13(10)18-19(16,17)12-4-2-1-3-5-12/h1-8H,9H2. The molecule has 0 aliphatic rings. The minimum absolute atomic E-state index is 0.116. The Balaban J connectivity index is 2.36. The van der Waals surface area contributed by atoms with Gasteiger partial charge in [0.25, 0.3) is 0 Å². The quantitative estimate of drug-likeness (QED) is 0.610. The maximum absolute atomic E-state index is 12.1. The van der Waals surface area contributed by atoms with Crippen LogP contribution in [0.25, 0.3) is 0 Å². The fourth-order valence-electron chi connectivity index (χ4n) is 1.49. The van der Waals surface area contributed by atoms with E-state index in [1.165, 1.54) is 12.1 Å². The third-order valence-corrected chi connectivity index (χ3v) is 4.49. The van der Waals surface area contributed by atoms with Gasteiger partial charge in [-0.15, -0.1) is 0 Å². The van der Waals surface area contributed by atoms with Crippen LogP contribution >= 0.6 is 27.5 Å². The van der Waals surface area contributed by atoms with Crippen molar-refractivity contribution in [3.05, 3.63) is 59.1 Å². The van der Waals surface area contributed by atoms with Crippen LogP contribution in [-0.2, 0) is 15.4 Å². The Bertz CT molecular complexity index is 672. The Kier molecular flexibility index (Phi) is 4.50. The fraction of sp³-hybridized carbons (Fsp3) is 0.0769. The maximum Gasteiger partial charge on any atom is 0.339 e. The largest absolute Gasteiger partial charge is 0.379 e. The second kappa shape index (κ2) is 5.94. The van der Waals surface area contributed by atoms with Crippen LogP contribution < -0.4 is 4.18 Å². The van der Waals surface area contributed by atoms with Crippen molar-refractivity contribution in [2.24, 2.45) is 0 Å². The normalized spacial score (nSPS) is 11.3. The molecule has 0 saturated carbocycles. The molecule has 0 N–H and O–H groups in total. The Morgan fingerprint density at radius 2 is 1.79 bits per heavy atom. The van der Waals surface area contributed by atoms with Gasteiger partial charge < -0.3 is 4.18 Å². The molecule has 2 rings (SSSR count). The molecule has 0 bridgehead atoms. The number of alkyl halides is 1. The Hall–Kier alpha value is -1.04. The summed E-state index contributed by atoms with van der Waals surface area (Å²) in [6.07, 6.45) is 0. The molecule has 2 aromatic carbocycles.